The van der Waals surface area contributed by atoms with Crippen LogP contribution in [0.25, 0.3) is 0 Å². The lowest BCUT2D eigenvalue weighted by molar-refractivity contribution is -0.136. The molecule has 2 N–H and O–H groups in total. The molecular weight excluding hydrogens is 344 g/mol. The van der Waals surface area contributed by atoms with Gasteiger partial charge in [0, 0.05) is 15.8 Å². The molecule has 2 amide bonds. The molecule has 2 aromatic rings. The maximum atomic E-state index is 12.3. The third-order valence-corrected chi connectivity index (χ3v) is 5.59. The summed E-state index contributed by atoms with van der Waals surface area (Å²) in [5.74, 6) is -1.15. The van der Waals surface area contributed by atoms with E-state index >= 15 is 0 Å². The molecule has 2 aromatic carbocycles. The molecule has 0 radical (unpaired) electrons. The van der Waals surface area contributed by atoms with Gasteiger partial charge >= 0.3 is 11.8 Å². The van der Waals surface area contributed by atoms with Crippen molar-refractivity contribution in [1.82, 2.24) is 5.32 Å². The number of anilines is 1. The molecule has 5 heteroatoms. The molecule has 1 fully saturated rings. The summed E-state index contributed by atoms with van der Waals surface area (Å²) >= 11 is 1.56. The topological polar surface area (TPSA) is 58.2 Å². The van der Waals surface area contributed by atoms with E-state index in [0.717, 1.165) is 35.5 Å². The molecule has 136 valence electrons. The van der Waals surface area contributed by atoms with Gasteiger partial charge in [-0.2, -0.15) is 0 Å². The molecule has 1 saturated carbocycles. The molecule has 0 bridgehead atoms. The van der Waals surface area contributed by atoms with E-state index < -0.39 is 11.8 Å². The van der Waals surface area contributed by atoms with Crippen molar-refractivity contribution >= 4 is 29.3 Å². The Labute approximate surface area is 158 Å². The van der Waals surface area contributed by atoms with Crippen molar-refractivity contribution < 1.29 is 9.59 Å². The molecule has 0 spiro atoms. The van der Waals surface area contributed by atoms with Crippen LogP contribution < -0.4 is 10.6 Å². The van der Waals surface area contributed by atoms with Crippen molar-refractivity contribution in [3.63, 3.8) is 0 Å². The van der Waals surface area contributed by atoms with Gasteiger partial charge in [-0.3, -0.25) is 9.59 Å². The molecular formula is C21H24N2O2S. The zero-order valence-electron chi connectivity index (χ0n) is 14.7. The summed E-state index contributed by atoms with van der Waals surface area (Å²) < 4.78 is 0. The van der Waals surface area contributed by atoms with Gasteiger partial charge in [-0.1, -0.05) is 67.8 Å². The Kier molecular flexibility index (Phi) is 6.72. The second-order valence-electron chi connectivity index (χ2n) is 6.53. The van der Waals surface area contributed by atoms with Crippen LogP contribution in [0, 0.1) is 0 Å². The molecule has 0 saturated heterocycles. The number of para-hydroxylation sites is 1. The Morgan fingerprint density at radius 3 is 2.19 bits per heavy atom. The summed E-state index contributed by atoms with van der Waals surface area (Å²) in [6.07, 6.45) is 6.57. The van der Waals surface area contributed by atoms with Crippen molar-refractivity contribution in [2.24, 2.45) is 0 Å². The van der Waals surface area contributed by atoms with Gasteiger partial charge in [-0.15, -0.1) is 0 Å². The monoisotopic (exact) mass is 368 g/mol. The first-order chi connectivity index (χ1) is 12.7. The maximum absolute atomic E-state index is 12.3. The normalized spacial score (nSPS) is 15.1. The predicted molar refractivity (Wildman–Crippen MR) is 105 cm³/mol. The third-order valence-electron chi connectivity index (χ3n) is 4.50. The fraction of sp³-hybridized carbons (Fsp3) is 0.333. The summed E-state index contributed by atoms with van der Waals surface area (Å²) in [5.41, 5.74) is 0.655. The number of hydrogen-bond donors (Lipinski definition) is 2. The average molecular weight is 369 g/mol. The van der Waals surface area contributed by atoms with E-state index in [1.165, 1.54) is 12.8 Å². The summed E-state index contributed by atoms with van der Waals surface area (Å²) in [5, 5.41) is 5.65. The smallest absolute Gasteiger partial charge is 0.313 e. The second kappa shape index (κ2) is 9.43. The third kappa shape index (κ3) is 5.36. The second-order valence-corrected chi connectivity index (χ2v) is 7.64. The summed E-state index contributed by atoms with van der Waals surface area (Å²) in [6, 6.07) is 17.6. The van der Waals surface area contributed by atoms with E-state index in [1.807, 2.05) is 54.6 Å². The van der Waals surface area contributed by atoms with Crippen LogP contribution in [0.5, 0.6) is 0 Å². The minimum absolute atomic E-state index is 0.115. The number of benzene rings is 2. The Morgan fingerprint density at radius 2 is 1.46 bits per heavy atom. The van der Waals surface area contributed by atoms with Crippen molar-refractivity contribution in [3.05, 3.63) is 54.6 Å². The standard InChI is InChI=1S/C21H24N2O2S/c24-20(22-16-10-4-1-2-5-11-16)21(25)23-18-14-8-9-15-19(18)26-17-12-6-3-7-13-17/h3,6-9,12-16H,1-2,4-5,10-11H2,(H,22,24)(H,23,25). The van der Waals surface area contributed by atoms with Gasteiger partial charge in [0.15, 0.2) is 0 Å². The highest BCUT2D eigenvalue weighted by Gasteiger charge is 2.20. The molecule has 3 rings (SSSR count). The first-order valence-electron chi connectivity index (χ1n) is 9.16. The van der Waals surface area contributed by atoms with Crippen LogP contribution >= 0.6 is 11.8 Å². The minimum atomic E-state index is -0.602. The van der Waals surface area contributed by atoms with E-state index in [4.69, 9.17) is 0 Å². The highest BCUT2D eigenvalue weighted by molar-refractivity contribution is 7.99. The van der Waals surface area contributed by atoms with Crippen LogP contribution in [0.15, 0.2) is 64.4 Å². The van der Waals surface area contributed by atoms with Gasteiger partial charge in [-0.05, 0) is 37.1 Å². The number of carbonyl (C=O) groups is 2. The Morgan fingerprint density at radius 1 is 0.808 bits per heavy atom. The van der Waals surface area contributed by atoms with Crippen LogP contribution in [0.1, 0.15) is 38.5 Å². The predicted octanol–water partition coefficient (Wildman–Crippen LogP) is 4.62. The summed E-state index contributed by atoms with van der Waals surface area (Å²) in [7, 11) is 0. The zero-order valence-corrected chi connectivity index (χ0v) is 15.6. The number of hydrogen-bond acceptors (Lipinski definition) is 3. The highest BCUT2D eigenvalue weighted by atomic mass is 32.2. The van der Waals surface area contributed by atoms with Gasteiger partial charge in [0.1, 0.15) is 0 Å². The SMILES string of the molecule is O=C(Nc1ccccc1Sc1ccccc1)C(=O)NC1CCCCCC1. The molecule has 0 unspecified atom stereocenters. The largest absolute Gasteiger partial charge is 0.345 e. The quantitative estimate of drug-likeness (QED) is 0.612. The van der Waals surface area contributed by atoms with E-state index in [0.29, 0.717) is 5.69 Å². The summed E-state index contributed by atoms with van der Waals surface area (Å²) in [4.78, 5) is 26.6. The number of rotatable bonds is 4. The zero-order chi connectivity index (χ0) is 18.2. The lowest BCUT2D eigenvalue weighted by Gasteiger charge is -2.16. The molecule has 0 aliphatic heterocycles. The van der Waals surface area contributed by atoms with E-state index in [1.54, 1.807) is 11.8 Å². The van der Waals surface area contributed by atoms with Crippen LogP contribution in [-0.2, 0) is 9.59 Å². The molecule has 1 aliphatic carbocycles. The van der Waals surface area contributed by atoms with Gasteiger partial charge < -0.3 is 10.6 Å². The van der Waals surface area contributed by atoms with Crippen molar-refractivity contribution in [2.45, 2.75) is 54.4 Å². The fourth-order valence-corrected chi connectivity index (χ4v) is 4.05. The Hall–Kier alpha value is -2.27. The van der Waals surface area contributed by atoms with Crippen LogP contribution in [0.2, 0.25) is 0 Å². The van der Waals surface area contributed by atoms with Crippen molar-refractivity contribution in [3.8, 4) is 0 Å². The lowest BCUT2D eigenvalue weighted by Crippen LogP contribution is -2.41. The highest BCUT2D eigenvalue weighted by Crippen LogP contribution is 2.33. The van der Waals surface area contributed by atoms with Crippen LogP contribution in [-0.4, -0.2) is 17.9 Å². The molecule has 4 nitrogen and oxygen atoms in total. The van der Waals surface area contributed by atoms with Gasteiger partial charge in [0.05, 0.1) is 5.69 Å². The first kappa shape index (κ1) is 18.5. The first-order valence-corrected chi connectivity index (χ1v) is 9.98. The fourth-order valence-electron chi connectivity index (χ4n) is 3.13. The Bertz CT molecular complexity index is 741. The van der Waals surface area contributed by atoms with E-state index in [9.17, 15) is 9.59 Å². The van der Waals surface area contributed by atoms with Crippen molar-refractivity contribution in [2.75, 3.05) is 5.32 Å². The molecule has 0 atom stereocenters. The molecule has 1 aliphatic rings. The Balaban J connectivity index is 1.62. The minimum Gasteiger partial charge on any atom is -0.345 e. The number of nitrogens with one attached hydrogen (secondary N) is 2. The van der Waals surface area contributed by atoms with Crippen LogP contribution in [0.4, 0.5) is 5.69 Å². The van der Waals surface area contributed by atoms with Gasteiger partial charge in [0.2, 0.25) is 0 Å². The maximum Gasteiger partial charge on any atom is 0.313 e. The summed E-state index contributed by atoms with van der Waals surface area (Å²) in [6.45, 7) is 0. The van der Waals surface area contributed by atoms with E-state index in [-0.39, 0.29) is 6.04 Å². The lowest BCUT2D eigenvalue weighted by atomic mass is 10.1. The van der Waals surface area contributed by atoms with Crippen molar-refractivity contribution in [1.29, 1.82) is 0 Å². The van der Waals surface area contributed by atoms with Gasteiger partial charge in [-0.25, -0.2) is 0 Å². The van der Waals surface area contributed by atoms with Gasteiger partial charge in [0.25, 0.3) is 0 Å². The molecule has 0 aromatic heterocycles. The van der Waals surface area contributed by atoms with Crippen LogP contribution in [0.3, 0.4) is 0 Å². The number of amides is 2. The molecule has 0 heterocycles. The number of carbonyl (C=O) groups excluding carboxylic acids is 2. The van der Waals surface area contributed by atoms with E-state index in [2.05, 4.69) is 10.6 Å². The average Bonchev–Trinajstić information content (AvgIpc) is 2.93. The molecule has 26 heavy (non-hydrogen) atoms.